The lowest BCUT2D eigenvalue weighted by atomic mass is 9.98. The second-order valence-electron chi connectivity index (χ2n) is 8.56. The van der Waals surface area contributed by atoms with Gasteiger partial charge in [-0.3, -0.25) is 4.90 Å². The van der Waals surface area contributed by atoms with Crippen LogP contribution in [0.5, 0.6) is 0 Å². The van der Waals surface area contributed by atoms with Crippen LogP contribution in [-0.4, -0.2) is 43.8 Å². The zero-order valence-electron chi connectivity index (χ0n) is 18.0. The summed E-state index contributed by atoms with van der Waals surface area (Å²) in [6, 6.07) is 13.4. The molecule has 0 unspecified atom stereocenters. The van der Waals surface area contributed by atoms with Gasteiger partial charge in [0.1, 0.15) is 0 Å². The van der Waals surface area contributed by atoms with Gasteiger partial charge >= 0.3 is 6.18 Å². The molecule has 0 amide bonds. The van der Waals surface area contributed by atoms with Gasteiger partial charge in [-0.25, -0.2) is 8.42 Å². The van der Waals surface area contributed by atoms with Crippen molar-refractivity contribution in [2.75, 3.05) is 20.1 Å². The summed E-state index contributed by atoms with van der Waals surface area (Å²) in [5.41, 5.74) is 2.09. The van der Waals surface area contributed by atoms with Crippen LogP contribution in [0.2, 0.25) is 0 Å². The first-order valence-corrected chi connectivity index (χ1v) is 12.2. The van der Waals surface area contributed by atoms with Crippen molar-refractivity contribution in [3.63, 3.8) is 0 Å². The molecule has 1 fully saturated rings. The van der Waals surface area contributed by atoms with Crippen LogP contribution >= 0.6 is 0 Å². The van der Waals surface area contributed by atoms with E-state index in [-0.39, 0.29) is 6.04 Å². The Labute approximate surface area is 187 Å². The summed E-state index contributed by atoms with van der Waals surface area (Å²) in [7, 11) is -1.62. The number of sulfonamides is 1. The molecule has 0 saturated carbocycles. The van der Waals surface area contributed by atoms with E-state index in [1.54, 1.807) is 16.4 Å². The Kier molecular flexibility index (Phi) is 6.47. The third kappa shape index (κ3) is 4.92. The smallest absolute Gasteiger partial charge is 0.299 e. The van der Waals surface area contributed by atoms with Gasteiger partial charge in [0.2, 0.25) is 10.0 Å². The van der Waals surface area contributed by atoms with Crippen molar-refractivity contribution in [2.24, 2.45) is 0 Å². The van der Waals surface area contributed by atoms with Crippen LogP contribution in [-0.2, 0) is 29.2 Å². The molecule has 0 bridgehead atoms. The molecule has 0 N–H and O–H groups in total. The van der Waals surface area contributed by atoms with E-state index >= 15 is 0 Å². The number of fused-ring (bicyclic) bond motifs is 1. The van der Waals surface area contributed by atoms with Gasteiger partial charge in [0.15, 0.2) is 0 Å². The predicted molar refractivity (Wildman–Crippen MR) is 119 cm³/mol. The highest BCUT2D eigenvalue weighted by atomic mass is 32.2. The van der Waals surface area contributed by atoms with Gasteiger partial charge in [-0.15, -0.1) is 0 Å². The van der Waals surface area contributed by atoms with E-state index in [2.05, 4.69) is 0 Å². The number of nitrogens with zero attached hydrogens (tertiary/aromatic N) is 2. The molecular formula is C24H27F3N2O2S. The monoisotopic (exact) mass is 464 g/mol. The standard InChI is InChI=1S/C24H27F3N2O2S/c1-28(17-18-5-4-8-21(15-18)24(25,26)27)22-11-13-29(14-12-22)32(30,31)23-10-9-19-6-2-3-7-20(19)16-23/h2-8,15-16,22H,9-14,17H2,1H3. The molecule has 2 aliphatic rings. The normalized spacial score (nSPS) is 18.5. The molecule has 1 saturated heterocycles. The van der Waals surface area contributed by atoms with Gasteiger partial charge < -0.3 is 0 Å². The molecule has 0 aromatic heterocycles. The van der Waals surface area contributed by atoms with Gasteiger partial charge in [0.05, 0.1) is 10.5 Å². The van der Waals surface area contributed by atoms with Crippen molar-refractivity contribution in [1.29, 1.82) is 0 Å². The van der Waals surface area contributed by atoms with Gasteiger partial charge in [-0.2, -0.15) is 17.5 Å². The van der Waals surface area contributed by atoms with Crippen molar-refractivity contribution in [3.05, 3.63) is 75.7 Å². The SMILES string of the molecule is CN(Cc1cccc(C(F)(F)F)c1)C1CCN(S(=O)(=O)C2=Cc3ccccc3CC2)CC1. The maximum absolute atomic E-state index is 13.2. The molecule has 1 aliphatic carbocycles. The highest BCUT2D eigenvalue weighted by molar-refractivity contribution is 7.93. The molecule has 172 valence electrons. The first kappa shape index (κ1) is 23.0. The summed E-state index contributed by atoms with van der Waals surface area (Å²) in [5, 5.41) is 0. The van der Waals surface area contributed by atoms with Crippen molar-refractivity contribution < 1.29 is 21.6 Å². The van der Waals surface area contributed by atoms with Crippen LogP contribution in [0.15, 0.2) is 53.4 Å². The Morgan fingerprint density at radius 1 is 1.03 bits per heavy atom. The number of rotatable bonds is 5. The Balaban J connectivity index is 1.38. The predicted octanol–water partition coefficient (Wildman–Crippen LogP) is 4.92. The Morgan fingerprint density at radius 2 is 1.75 bits per heavy atom. The molecular weight excluding hydrogens is 437 g/mol. The van der Waals surface area contributed by atoms with Crippen LogP contribution in [0, 0.1) is 0 Å². The number of hydrogen-bond donors (Lipinski definition) is 0. The number of halogens is 3. The minimum Gasteiger partial charge on any atom is -0.299 e. The van der Waals surface area contributed by atoms with Gasteiger partial charge in [0, 0.05) is 25.7 Å². The topological polar surface area (TPSA) is 40.6 Å². The first-order chi connectivity index (χ1) is 15.1. The fourth-order valence-electron chi connectivity index (χ4n) is 4.56. The molecule has 0 spiro atoms. The van der Waals surface area contributed by atoms with Gasteiger partial charge in [0.25, 0.3) is 0 Å². The van der Waals surface area contributed by atoms with Crippen molar-refractivity contribution in [2.45, 2.75) is 44.4 Å². The highest BCUT2D eigenvalue weighted by Gasteiger charge is 2.33. The van der Waals surface area contributed by atoms with Crippen LogP contribution in [0.4, 0.5) is 13.2 Å². The molecule has 0 atom stereocenters. The maximum Gasteiger partial charge on any atom is 0.416 e. The minimum absolute atomic E-state index is 0.122. The van der Waals surface area contributed by atoms with E-state index in [4.69, 9.17) is 0 Å². The number of allylic oxidation sites excluding steroid dienone is 1. The number of hydrogen-bond acceptors (Lipinski definition) is 3. The number of piperidine rings is 1. The number of benzene rings is 2. The van der Waals surface area contributed by atoms with Crippen LogP contribution in [0.3, 0.4) is 0 Å². The Bertz CT molecular complexity index is 1100. The van der Waals surface area contributed by atoms with Crippen molar-refractivity contribution in [3.8, 4) is 0 Å². The average Bonchev–Trinajstić information content (AvgIpc) is 2.78. The van der Waals surface area contributed by atoms with E-state index in [9.17, 15) is 21.6 Å². The van der Waals surface area contributed by atoms with E-state index in [0.29, 0.717) is 49.4 Å². The molecule has 1 heterocycles. The second kappa shape index (κ2) is 9.00. The molecule has 1 aliphatic heterocycles. The van der Waals surface area contributed by atoms with Gasteiger partial charge in [-0.05, 0) is 61.6 Å². The summed E-state index contributed by atoms with van der Waals surface area (Å²) in [4.78, 5) is 2.49. The van der Waals surface area contributed by atoms with Crippen molar-refractivity contribution in [1.82, 2.24) is 9.21 Å². The third-order valence-corrected chi connectivity index (χ3v) is 8.45. The minimum atomic E-state index is -4.36. The lowest BCUT2D eigenvalue weighted by molar-refractivity contribution is -0.137. The number of alkyl halides is 3. The zero-order chi connectivity index (χ0) is 22.9. The lowest BCUT2D eigenvalue weighted by Gasteiger charge is -2.36. The Morgan fingerprint density at radius 3 is 2.47 bits per heavy atom. The lowest BCUT2D eigenvalue weighted by Crippen LogP contribution is -2.45. The number of aryl methyl sites for hydroxylation is 1. The van der Waals surface area contributed by atoms with E-state index < -0.39 is 21.8 Å². The van der Waals surface area contributed by atoms with Crippen LogP contribution in [0.1, 0.15) is 41.5 Å². The molecule has 0 radical (unpaired) electrons. The largest absolute Gasteiger partial charge is 0.416 e. The third-order valence-electron chi connectivity index (χ3n) is 6.42. The molecule has 8 heteroatoms. The average molecular weight is 465 g/mol. The summed E-state index contributed by atoms with van der Waals surface area (Å²) < 4.78 is 66.8. The molecule has 4 rings (SSSR count). The fourth-order valence-corrected chi connectivity index (χ4v) is 6.22. The quantitative estimate of drug-likeness (QED) is 0.631. The van der Waals surface area contributed by atoms with E-state index in [0.717, 1.165) is 18.1 Å². The fraction of sp³-hybridized carbons (Fsp3) is 0.417. The van der Waals surface area contributed by atoms with Crippen LogP contribution < -0.4 is 0 Å². The molecule has 2 aromatic rings. The van der Waals surface area contributed by atoms with Gasteiger partial charge in [-0.1, -0.05) is 42.5 Å². The molecule has 32 heavy (non-hydrogen) atoms. The van der Waals surface area contributed by atoms with E-state index in [1.165, 1.54) is 17.7 Å². The summed E-state index contributed by atoms with van der Waals surface area (Å²) in [6.45, 7) is 1.22. The second-order valence-corrected chi connectivity index (χ2v) is 10.5. The summed E-state index contributed by atoms with van der Waals surface area (Å²) >= 11 is 0. The first-order valence-electron chi connectivity index (χ1n) is 10.8. The molecule has 2 aromatic carbocycles. The Hall–Kier alpha value is -2.16. The van der Waals surface area contributed by atoms with Crippen LogP contribution in [0.25, 0.3) is 6.08 Å². The maximum atomic E-state index is 13.2. The summed E-state index contributed by atoms with van der Waals surface area (Å²) in [5.74, 6) is 0. The van der Waals surface area contributed by atoms with Crippen molar-refractivity contribution >= 4 is 16.1 Å². The summed E-state index contributed by atoms with van der Waals surface area (Å²) in [6.07, 6.45) is -0.0358. The zero-order valence-corrected chi connectivity index (χ0v) is 18.8. The highest BCUT2D eigenvalue weighted by Crippen LogP contribution is 2.32. The molecule has 4 nitrogen and oxygen atoms in total. The van der Waals surface area contributed by atoms with E-state index in [1.807, 2.05) is 36.2 Å².